The third-order valence-corrected chi connectivity index (χ3v) is 6.46. The van der Waals surface area contributed by atoms with Gasteiger partial charge in [-0.05, 0) is 36.6 Å². The summed E-state index contributed by atoms with van der Waals surface area (Å²) in [5, 5.41) is 3.45. The largest absolute Gasteiger partial charge is 0.444 e. The van der Waals surface area contributed by atoms with Crippen LogP contribution < -0.4 is 10.2 Å². The smallest absolute Gasteiger partial charge is 0.226 e. The number of rotatable bonds is 6. The molecule has 1 unspecified atom stereocenters. The Morgan fingerprint density at radius 2 is 2.00 bits per heavy atom. The second-order valence-electron chi connectivity index (χ2n) is 8.55. The van der Waals surface area contributed by atoms with E-state index in [4.69, 9.17) is 4.42 Å². The SMILES string of the molecule is CN=C(NCc1coc(-c2ccccc2)n1)N1CC(CCN2CCCC2=O)c2ccccc21. The fraction of sp³-hybridized carbons (Fsp3) is 0.346. The van der Waals surface area contributed by atoms with Crippen molar-refractivity contribution in [1.29, 1.82) is 0 Å². The van der Waals surface area contributed by atoms with Gasteiger partial charge in [-0.25, -0.2) is 4.98 Å². The molecular weight excluding hydrogens is 414 g/mol. The number of hydrogen-bond acceptors (Lipinski definition) is 4. The maximum atomic E-state index is 12.0. The van der Waals surface area contributed by atoms with E-state index in [1.807, 2.05) is 35.2 Å². The number of fused-ring (bicyclic) bond motifs is 1. The first-order valence-corrected chi connectivity index (χ1v) is 11.6. The molecule has 170 valence electrons. The molecule has 2 aliphatic rings. The number of aliphatic imine (C=N–C) groups is 1. The van der Waals surface area contributed by atoms with E-state index in [0.29, 0.717) is 24.8 Å². The summed E-state index contributed by atoms with van der Waals surface area (Å²) in [7, 11) is 1.80. The number of nitrogens with zero attached hydrogens (tertiary/aromatic N) is 4. The number of para-hydroxylation sites is 1. The van der Waals surface area contributed by atoms with Crippen LogP contribution in [0.4, 0.5) is 5.69 Å². The molecule has 0 aliphatic carbocycles. The molecule has 1 saturated heterocycles. The van der Waals surface area contributed by atoms with Gasteiger partial charge in [0.1, 0.15) is 6.26 Å². The Bertz CT molecular complexity index is 1140. The van der Waals surface area contributed by atoms with E-state index < -0.39 is 0 Å². The molecule has 1 fully saturated rings. The molecule has 0 radical (unpaired) electrons. The Hall–Kier alpha value is -3.61. The summed E-state index contributed by atoms with van der Waals surface area (Å²) in [5.41, 5.74) is 4.28. The van der Waals surface area contributed by atoms with Crippen molar-refractivity contribution in [2.75, 3.05) is 31.6 Å². The summed E-state index contributed by atoms with van der Waals surface area (Å²) in [4.78, 5) is 25.4. The molecule has 2 aliphatic heterocycles. The number of carbonyl (C=O) groups is 1. The van der Waals surface area contributed by atoms with Crippen LogP contribution in [0.5, 0.6) is 0 Å². The summed E-state index contributed by atoms with van der Waals surface area (Å²) in [6, 6.07) is 18.4. The Kier molecular flexibility index (Phi) is 6.11. The van der Waals surface area contributed by atoms with Crippen molar-refractivity contribution in [3.8, 4) is 11.5 Å². The van der Waals surface area contributed by atoms with Gasteiger partial charge >= 0.3 is 0 Å². The quantitative estimate of drug-likeness (QED) is 0.460. The zero-order valence-corrected chi connectivity index (χ0v) is 18.9. The predicted molar refractivity (Wildman–Crippen MR) is 129 cm³/mol. The lowest BCUT2D eigenvalue weighted by atomic mass is 9.98. The van der Waals surface area contributed by atoms with Crippen molar-refractivity contribution in [2.24, 2.45) is 4.99 Å². The van der Waals surface area contributed by atoms with Crippen LogP contribution in [0, 0.1) is 0 Å². The summed E-state index contributed by atoms with van der Waals surface area (Å²) < 4.78 is 5.67. The first kappa shape index (κ1) is 21.2. The molecule has 0 spiro atoms. The number of anilines is 1. The fourth-order valence-corrected chi connectivity index (χ4v) is 4.76. The van der Waals surface area contributed by atoms with Crippen LogP contribution in [0.15, 0.2) is 70.3 Å². The number of likely N-dealkylation sites (tertiary alicyclic amines) is 1. The molecule has 1 amide bonds. The van der Waals surface area contributed by atoms with Gasteiger partial charge in [-0.2, -0.15) is 0 Å². The van der Waals surface area contributed by atoms with Crippen LogP contribution in [0.3, 0.4) is 0 Å². The minimum atomic E-state index is 0.290. The number of benzene rings is 2. The topological polar surface area (TPSA) is 74.0 Å². The van der Waals surface area contributed by atoms with Crippen molar-refractivity contribution >= 4 is 17.6 Å². The second-order valence-corrected chi connectivity index (χ2v) is 8.55. The number of guanidine groups is 1. The minimum absolute atomic E-state index is 0.290. The Balaban J connectivity index is 1.26. The van der Waals surface area contributed by atoms with Crippen LogP contribution in [0.1, 0.15) is 36.4 Å². The summed E-state index contributed by atoms with van der Waals surface area (Å²) in [6.45, 7) is 3.07. The Morgan fingerprint density at radius 3 is 2.79 bits per heavy atom. The van der Waals surface area contributed by atoms with E-state index in [1.54, 1.807) is 13.3 Å². The van der Waals surface area contributed by atoms with E-state index in [0.717, 1.165) is 49.7 Å². The monoisotopic (exact) mass is 443 g/mol. The molecule has 3 aromatic rings. The molecule has 33 heavy (non-hydrogen) atoms. The second kappa shape index (κ2) is 9.48. The van der Waals surface area contributed by atoms with E-state index in [1.165, 1.54) is 11.3 Å². The van der Waals surface area contributed by atoms with Gasteiger partial charge in [-0.15, -0.1) is 0 Å². The van der Waals surface area contributed by atoms with E-state index in [-0.39, 0.29) is 5.91 Å². The lowest BCUT2D eigenvalue weighted by molar-refractivity contribution is -0.127. The average Bonchev–Trinajstić information content (AvgIpc) is 3.58. The third-order valence-electron chi connectivity index (χ3n) is 6.46. The number of hydrogen-bond donors (Lipinski definition) is 1. The Labute approximate surface area is 194 Å². The van der Waals surface area contributed by atoms with Gasteiger partial charge in [0.15, 0.2) is 5.96 Å². The number of carbonyl (C=O) groups excluding carboxylic acids is 1. The standard InChI is InChI=1S/C26H29N5O2/c1-27-26(28-16-21-18-33-25(29-21)19-8-3-2-4-9-19)31-17-20(22-10-5-6-11-23(22)31)13-15-30-14-7-12-24(30)32/h2-6,8-11,18,20H,7,12-17H2,1H3,(H,27,28). The highest BCUT2D eigenvalue weighted by Crippen LogP contribution is 2.38. The van der Waals surface area contributed by atoms with Gasteiger partial charge < -0.3 is 19.5 Å². The molecule has 1 atom stereocenters. The molecule has 1 N–H and O–H groups in total. The fourth-order valence-electron chi connectivity index (χ4n) is 4.76. The molecule has 0 saturated carbocycles. The van der Waals surface area contributed by atoms with Crippen molar-refractivity contribution < 1.29 is 9.21 Å². The van der Waals surface area contributed by atoms with Crippen molar-refractivity contribution in [3.63, 3.8) is 0 Å². The van der Waals surface area contributed by atoms with Gasteiger partial charge in [0.25, 0.3) is 0 Å². The molecule has 0 bridgehead atoms. The average molecular weight is 444 g/mol. The highest BCUT2D eigenvalue weighted by atomic mass is 16.3. The number of oxazole rings is 1. The predicted octanol–water partition coefficient (Wildman–Crippen LogP) is 4.03. The van der Waals surface area contributed by atoms with Crippen LogP contribution in [-0.4, -0.2) is 48.4 Å². The van der Waals surface area contributed by atoms with Crippen LogP contribution >= 0.6 is 0 Å². The highest BCUT2D eigenvalue weighted by molar-refractivity contribution is 5.98. The minimum Gasteiger partial charge on any atom is -0.444 e. The number of amides is 1. The zero-order valence-electron chi connectivity index (χ0n) is 18.9. The van der Waals surface area contributed by atoms with Gasteiger partial charge in [0, 0.05) is 50.3 Å². The molecule has 7 heteroatoms. The van der Waals surface area contributed by atoms with Crippen molar-refractivity contribution in [3.05, 3.63) is 72.1 Å². The first-order chi connectivity index (χ1) is 16.2. The normalized spacial score (nSPS) is 18.2. The van der Waals surface area contributed by atoms with E-state index >= 15 is 0 Å². The highest BCUT2D eigenvalue weighted by Gasteiger charge is 2.32. The van der Waals surface area contributed by atoms with Crippen LogP contribution in [0.25, 0.3) is 11.5 Å². The lowest BCUT2D eigenvalue weighted by Crippen LogP contribution is -2.40. The summed E-state index contributed by atoms with van der Waals surface area (Å²) in [5.74, 6) is 2.08. The number of aromatic nitrogens is 1. The van der Waals surface area contributed by atoms with Gasteiger partial charge in [0.05, 0.1) is 12.2 Å². The molecule has 1 aromatic heterocycles. The van der Waals surface area contributed by atoms with Crippen LogP contribution in [0.2, 0.25) is 0 Å². The molecule has 7 nitrogen and oxygen atoms in total. The van der Waals surface area contributed by atoms with E-state index in [9.17, 15) is 4.79 Å². The van der Waals surface area contributed by atoms with Crippen LogP contribution in [-0.2, 0) is 11.3 Å². The molecule has 5 rings (SSSR count). The number of nitrogens with one attached hydrogen (secondary N) is 1. The van der Waals surface area contributed by atoms with Crippen molar-refractivity contribution in [1.82, 2.24) is 15.2 Å². The summed E-state index contributed by atoms with van der Waals surface area (Å²) >= 11 is 0. The van der Waals surface area contributed by atoms with Gasteiger partial charge in [-0.1, -0.05) is 36.4 Å². The van der Waals surface area contributed by atoms with Gasteiger partial charge in [0.2, 0.25) is 11.8 Å². The lowest BCUT2D eigenvalue weighted by Gasteiger charge is -2.23. The molecule has 2 aromatic carbocycles. The summed E-state index contributed by atoms with van der Waals surface area (Å²) in [6.07, 6.45) is 4.32. The zero-order chi connectivity index (χ0) is 22.6. The first-order valence-electron chi connectivity index (χ1n) is 11.6. The van der Waals surface area contributed by atoms with Crippen molar-refractivity contribution in [2.45, 2.75) is 31.7 Å². The Morgan fingerprint density at radius 1 is 1.18 bits per heavy atom. The van der Waals surface area contributed by atoms with Gasteiger partial charge in [-0.3, -0.25) is 9.79 Å². The van der Waals surface area contributed by atoms with E-state index in [2.05, 4.69) is 44.5 Å². The molecule has 3 heterocycles. The molecular formula is C26H29N5O2. The maximum Gasteiger partial charge on any atom is 0.226 e. The third kappa shape index (κ3) is 4.49. The maximum absolute atomic E-state index is 12.0.